The van der Waals surface area contributed by atoms with Crippen LogP contribution in [0.2, 0.25) is 0 Å². The molecule has 1 aliphatic heterocycles. The first-order chi connectivity index (χ1) is 11.1. The van der Waals surface area contributed by atoms with E-state index in [9.17, 15) is 9.90 Å². The van der Waals surface area contributed by atoms with Gasteiger partial charge in [-0.05, 0) is 31.3 Å². The quantitative estimate of drug-likeness (QED) is 0.884. The van der Waals surface area contributed by atoms with Crippen LogP contribution in [0.25, 0.3) is 11.5 Å². The first kappa shape index (κ1) is 16.1. The smallest absolute Gasteiger partial charge is 0.258 e. The number of thiophene rings is 1. The van der Waals surface area contributed by atoms with Gasteiger partial charge in [0.25, 0.3) is 5.89 Å². The fourth-order valence-corrected chi connectivity index (χ4v) is 3.19. The van der Waals surface area contributed by atoms with Crippen LogP contribution in [0.3, 0.4) is 0 Å². The average Bonchev–Trinajstić information content (AvgIpc) is 3.18. The number of amides is 1. The van der Waals surface area contributed by atoms with Gasteiger partial charge < -0.3 is 14.5 Å². The molecule has 8 heteroatoms. The lowest BCUT2D eigenvalue weighted by atomic mass is 10.1. The maximum atomic E-state index is 12.2. The Morgan fingerprint density at radius 2 is 2.30 bits per heavy atom. The average molecular weight is 336 g/mol. The van der Waals surface area contributed by atoms with Crippen molar-refractivity contribution in [2.24, 2.45) is 0 Å². The number of aromatic nitrogens is 2. The Morgan fingerprint density at radius 3 is 3.00 bits per heavy atom. The molecule has 3 rings (SSSR count). The number of hydrogen-bond donors (Lipinski definition) is 1. The van der Waals surface area contributed by atoms with Crippen molar-refractivity contribution < 1.29 is 14.4 Å². The summed E-state index contributed by atoms with van der Waals surface area (Å²) in [5.41, 5.74) is 0.916. The minimum atomic E-state index is -0.272. The Hall–Kier alpha value is -1.77. The SMILES string of the molecule is CN(CC(=O)N1CCC(O)CC1)Cc1noc(-c2ccsc2)n1. The zero-order valence-electron chi connectivity index (χ0n) is 13.0. The second-order valence-corrected chi connectivity index (χ2v) is 6.59. The van der Waals surface area contributed by atoms with E-state index in [1.807, 2.05) is 28.8 Å². The summed E-state index contributed by atoms with van der Waals surface area (Å²) in [4.78, 5) is 20.3. The molecule has 1 amide bonds. The summed E-state index contributed by atoms with van der Waals surface area (Å²) >= 11 is 1.58. The van der Waals surface area contributed by atoms with Gasteiger partial charge >= 0.3 is 0 Å². The molecule has 2 aromatic rings. The van der Waals surface area contributed by atoms with Crippen molar-refractivity contribution in [1.29, 1.82) is 0 Å². The van der Waals surface area contributed by atoms with Gasteiger partial charge in [0.15, 0.2) is 5.82 Å². The number of nitrogens with zero attached hydrogens (tertiary/aromatic N) is 4. The molecule has 1 aliphatic rings. The number of piperidine rings is 1. The predicted molar refractivity (Wildman–Crippen MR) is 85.8 cm³/mol. The maximum absolute atomic E-state index is 12.2. The summed E-state index contributed by atoms with van der Waals surface area (Å²) in [5, 5.41) is 17.4. The van der Waals surface area contributed by atoms with Crippen LogP contribution in [-0.2, 0) is 11.3 Å². The van der Waals surface area contributed by atoms with Crippen molar-refractivity contribution in [3.05, 3.63) is 22.7 Å². The summed E-state index contributed by atoms with van der Waals surface area (Å²) < 4.78 is 5.24. The molecule has 1 saturated heterocycles. The zero-order valence-corrected chi connectivity index (χ0v) is 13.8. The van der Waals surface area contributed by atoms with E-state index in [0.717, 1.165) is 5.56 Å². The molecule has 0 radical (unpaired) electrons. The van der Waals surface area contributed by atoms with Crippen molar-refractivity contribution in [2.45, 2.75) is 25.5 Å². The number of aliphatic hydroxyl groups is 1. The predicted octanol–water partition coefficient (Wildman–Crippen LogP) is 1.21. The van der Waals surface area contributed by atoms with Crippen LogP contribution in [0.1, 0.15) is 18.7 Å². The molecule has 3 heterocycles. The van der Waals surface area contributed by atoms with Gasteiger partial charge in [-0.1, -0.05) is 5.16 Å². The molecule has 1 fully saturated rings. The number of carbonyl (C=O) groups is 1. The number of likely N-dealkylation sites (tertiary alicyclic amines) is 1. The second kappa shape index (κ2) is 7.20. The highest BCUT2D eigenvalue weighted by atomic mass is 32.1. The number of aliphatic hydroxyl groups excluding tert-OH is 1. The molecular formula is C15H20N4O3S. The van der Waals surface area contributed by atoms with E-state index in [1.165, 1.54) is 0 Å². The van der Waals surface area contributed by atoms with Crippen molar-refractivity contribution in [1.82, 2.24) is 19.9 Å². The molecule has 23 heavy (non-hydrogen) atoms. The molecular weight excluding hydrogens is 316 g/mol. The molecule has 0 spiro atoms. The van der Waals surface area contributed by atoms with Crippen LogP contribution in [0.4, 0.5) is 0 Å². The largest absolute Gasteiger partial charge is 0.393 e. The van der Waals surface area contributed by atoms with Crippen LogP contribution in [0.5, 0.6) is 0 Å². The highest BCUT2D eigenvalue weighted by molar-refractivity contribution is 7.08. The van der Waals surface area contributed by atoms with E-state index in [-0.39, 0.29) is 12.0 Å². The van der Waals surface area contributed by atoms with E-state index in [2.05, 4.69) is 10.1 Å². The Kier molecular flexibility index (Phi) is 5.04. The van der Waals surface area contributed by atoms with Gasteiger partial charge in [-0.2, -0.15) is 16.3 Å². The molecule has 0 aromatic carbocycles. The van der Waals surface area contributed by atoms with Crippen molar-refractivity contribution in [2.75, 3.05) is 26.7 Å². The minimum absolute atomic E-state index is 0.0703. The van der Waals surface area contributed by atoms with E-state index in [4.69, 9.17) is 4.52 Å². The van der Waals surface area contributed by atoms with E-state index in [0.29, 0.717) is 50.7 Å². The molecule has 0 atom stereocenters. The molecule has 124 valence electrons. The molecule has 1 N–H and O–H groups in total. The monoisotopic (exact) mass is 336 g/mol. The molecule has 2 aromatic heterocycles. The number of likely N-dealkylation sites (N-methyl/N-ethyl adjacent to an activating group) is 1. The lowest BCUT2D eigenvalue weighted by Crippen LogP contribution is -2.44. The van der Waals surface area contributed by atoms with E-state index in [1.54, 1.807) is 16.2 Å². The Bertz CT molecular complexity index is 635. The fraction of sp³-hybridized carbons (Fsp3) is 0.533. The third kappa shape index (κ3) is 4.15. The van der Waals surface area contributed by atoms with Gasteiger partial charge in [0.2, 0.25) is 5.91 Å². The Balaban J connectivity index is 1.51. The summed E-state index contributed by atoms with van der Waals surface area (Å²) in [7, 11) is 1.86. The second-order valence-electron chi connectivity index (χ2n) is 5.81. The third-order valence-corrected chi connectivity index (χ3v) is 4.55. The normalized spacial score (nSPS) is 16.2. The first-order valence-corrected chi connectivity index (χ1v) is 8.55. The molecule has 0 saturated carbocycles. The van der Waals surface area contributed by atoms with Gasteiger partial charge in [0.05, 0.1) is 24.8 Å². The Morgan fingerprint density at radius 1 is 1.52 bits per heavy atom. The molecule has 0 aliphatic carbocycles. The number of rotatable bonds is 5. The summed E-state index contributed by atoms with van der Waals surface area (Å²) in [6.07, 6.45) is 1.04. The van der Waals surface area contributed by atoms with E-state index >= 15 is 0 Å². The zero-order chi connectivity index (χ0) is 16.2. The molecule has 0 bridgehead atoms. The third-order valence-electron chi connectivity index (χ3n) is 3.87. The van der Waals surface area contributed by atoms with Crippen LogP contribution in [0, 0.1) is 0 Å². The highest BCUT2D eigenvalue weighted by Gasteiger charge is 2.22. The van der Waals surface area contributed by atoms with Gasteiger partial charge in [-0.15, -0.1) is 0 Å². The maximum Gasteiger partial charge on any atom is 0.258 e. The van der Waals surface area contributed by atoms with Crippen LogP contribution in [0.15, 0.2) is 21.3 Å². The molecule has 0 unspecified atom stereocenters. The van der Waals surface area contributed by atoms with Crippen LogP contribution >= 0.6 is 11.3 Å². The van der Waals surface area contributed by atoms with Gasteiger partial charge in [0, 0.05) is 18.5 Å². The summed E-state index contributed by atoms with van der Waals surface area (Å²) in [6.45, 7) is 2.00. The van der Waals surface area contributed by atoms with Crippen LogP contribution < -0.4 is 0 Å². The number of carbonyl (C=O) groups excluding carboxylic acids is 1. The summed E-state index contributed by atoms with van der Waals surface area (Å²) in [6, 6.07) is 1.93. The summed E-state index contributed by atoms with van der Waals surface area (Å²) in [5.74, 6) is 1.14. The van der Waals surface area contributed by atoms with Crippen molar-refractivity contribution in [3.63, 3.8) is 0 Å². The lowest BCUT2D eigenvalue weighted by molar-refractivity contribution is -0.134. The topological polar surface area (TPSA) is 82.7 Å². The fourth-order valence-electron chi connectivity index (χ4n) is 2.57. The van der Waals surface area contributed by atoms with Gasteiger partial charge in [-0.25, -0.2) is 0 Å². The molecule has 7 nitrogen and oxygen atoms in total. The minimum Gasteiger partial charge on any atom is -0.393 e. The Labute approximate surface area is 138 Å². The lowest BCUT2D eigenvalue weighted by Gasteiger charge is -2.30. The first-order valence-electron chi connectivity index (χ1n) is 7.61. The van der Waals surface area contributed by atoms with Crippen molar-refractivity contribution in [3.8, 4) is 11.5 Å². The van der Waals surface area contributed by atoms with Crippen molar-refractivity contribution >= 4 is 17.2 Å². The standard InChI is InChI=1S/C15H20N4O3S/c1-18(9-14(21)19-5-2-12(20)3-6-19)8-13-16-15(22-17-13)11-4-7-23-10-11/h4,7,10,12,20H,2-3,5-6,8-9H2,1H3. The highest BCUT2D eigenvalue weighted by Crippen LogP contribution is 2.20. The van der Waals surface area contributed by atoms with Gasteiger partial charge in [-0.3, -0.25) is 9.69 Å². The van der Waals surface area contributed by atoms with Crippen LogP contribution in [-0.4, -0.2) is 63.7 Å². The van der Waals surface area contributed by atoms with E-state index < -0.39 is 0 Å². The number of hydrogen-bond acceptors (Lipinski definition) is 7. The van der Waals surface area contributed by atoms with Gasteiger partial charge in [0.1, 0.15) is 0 Å².